The van der Waals surface area contributed by atoms with Gasteiger partial charge < -0.3 is 10.0 Å². The van der Waals surface area contributed by atoms with Gasteiger partial charge in [-0.2, -0.15) is 0 Å². The Bertz CT molecular complexity index is 727. The molecular weight excluding hydrogens is 286 g/mol. The highest BCUT2D eigenvalue weighted by atomic mass is 35.5. The maximum atomic E-state index is 11.7. The molecule has 1 aliphatic heterocycles. The molecule has 0 saturated heterocycles. The minimum Gasteiger partial charge on any atom is -0.384 e. The highest BCUT2D eigenvalue weighted by Gasteiger charge is 2.25. The van der Waals surface area contributed by atoms with Gasteiger partial charge in [-0.1, -0.05) is 35.9 Å². The minimum atomic E-state index is -0.741. The van der Waals surface area contributed by atoms with Gasteiger partial charge in [-0.15, -0.1) is 0 Å². The maximum Gasteiger partial charge on any atom is 0.231 e. The third-order valence-corrected chi connectivity index (χ3v) is 4.51. The summed E-state index contributed by atoms with van der Waals surface area (Å²) in [4.78, 5) is 13.4. The number of aliphatic hydroxyl groups is 1. The number of likely N-dealkylation sites (N-methyl/N-ethyl adjacent to an activating group) is 1. The average Bonchev–Trinajstić information content (AvgIpc) is 2.76. The lowest BCUT2D eigenvalue weighted by Gasteiger charge is -2.17. The summed E-state index contributed by atoms with van der Waals surface area (Å²) in [5, 5.41) is 11.2. The van der Waals surface area contributed by atoms with Crippen molar-refractivity contribution in [3.63, 3.8) is 0 Å². The number of benzene rings is 2. The van der Waals surface area contributed by atoms with Crippen LogP contribution >= 0.6 is 11.6 Å². The van der Waals surface area contributed by atoms with Gasteiger partial charge in [0.2, 0.25) is 5.91 Å². The lowest BCUT2D eigenvalue weighted by molar-refractivity contribution is -0.117. The SMILES string of the molecule is Cc1c(Cl)cccc1C(O)c1ccc2c(c1)CC(=O)N2C. The van der Waals surface area contributed by atoms with Crippen LogP contribution in [0.5, 0.6) is 0 Å². The molecule has 0 aliphatic carbocycles. The van der Waals surface area contributed by atoms with E-state index in [-0.39, 0.29) is 5.91 Å². The smallest absolute Gasteiger partial charge is 0.231 e. The third-order valence-electron chi connectivity index (χ3n) is 4.10. The van der Waals surface area contributed by atoms with Crippen molar-refractivity contribution in [2.45, 2.75) is 19.4 Å². The second-order valence-corrected chi connectivity index (χ2v) is 5.78. The van der Waals surface area contributed by atoms with Crippen LogP contribution in [0.25, 0.3) is 0 Å². The van der Waals surface area contributed by atoms with E-state index in [9.17, 15) is 9.90 Å². The molecule has 0 fully saturated rings. The van der Waals surface area contributed by atoms with Gasteiger partial charge >= 0.3 is 0 Å². The number of hydrogen-bond acceptors (Lipinski definition) is 2. The molecule has 3 rings (SSSR count). The molecule has 0 radical (unpaired) electrons. The number of hydrogen-bond donors (Lipinski definition) is 1. The van der Waals surface area contributed by atoms with Gasteiger partial charge in [-0.05, 0) is 41.3 Å². The highest BCUT2D eigenvalue weighted by Crippen LogP contribution is 2.33. The summed E-state index contributed by atoms with van der Waals surface area (Å²) in [6.45, 7) is 1.89. The monoisotopic (exact) mass is 301 g/mol. The zero-order valence-electron chi connectivity index (χ0n) is 11.9. The van der Waals surface area contributed by atoms with E-state index >= 15 is 0 Å². The lowest BCUT2D eigenvalue weighted by atomic mass is 9.95. The van der Waals surface area contributed by atoms with Crippen molar-refractivity contribution >= 4 is 23.2 Å². The summed E-state index contributed by atoms with van der Waals surface area (Å²) in [6.07, 6.45) is -0.351. The van der Waals surface area contributed by atoms with E-state index < -0.39 is 6.10 Å². The van der Waals surface area contributed by atoms with E-state index in [0.29, 0.717) is 11.4 Å². The predicted octanol–water partition coefficient (Wildman–Crippen LogP) is 3.25. The first-order chi connectivity index (χ1) is 9.99. The van der Waals surface area contributed by atoms with Crippen molar-refractivity contribution in [1.82, 2.24) is 0 Å². The van der Waals surface area contributed by atoms with Crippen LogP contribution in [0.2, 0.25) is 5.02 Å². The fourth-order valence-corrected chi connectivity index (χ4v) is 2.94. The van der Waals surface area contributed by atoms with E-state index in [0.717, 1.165) is 27.9 Å². The fraction of sp³-hybridized carbons (Fsp3) is 0.235. The van der Waals surface area contributed by atoms with Crippen LogP contribution in [0.4, 0.5) is 5.69 Å². The highest BCUT2D eigenvalue weighted by molar-refractivity contribution is 6.31. The normalized spacial score (nSPS) is 15.2. The van der Waals surface area contributed by atoms with Crippen LogP contribution in [0.1, 0.15) is 28.4 Å². The Morgan fingerprint density at radius 1 is 1.29 bits per heavy atom. The number of halogens is 1. The number of rotatable bonds is 2. The van der Waals surface area contributed by atoms with Crippen molar-refractivity contribution in [3.05, 3.63) is 63.7 Å². The molecule has 1 N–H and O–H groups in total. The first kappa shape index (κ1) is 14.1. The summed E-state index contributed by atoms with van der Waals surface area (Å²) in [5.74, 6) is 0.0792. The topological polar surface area (TPSA) is 40.5 Å². The van der Waals surface area contributed by atoms with Crippen LogP contribution in [0.3, 0.4) is 0 Å². The van der Waals surface area contributed by atoms with Gasteiger partial charge in [0.1, 0.15) is 6.10 Å². The van der Waals surface area contributed by atoms with Crippen LogP contribution in [-0.4, -0.2) is 18.1 Å². The molecule has 1 aliphatic rings. The number of carbonyl (C=O) groups is 1. The Morgan fingerprint density at radius 2 is 2.05 bits per heavy atom. The van der Waals surface area contributed by atoms with Gasteiger partial charge in [0.15, 0.2) is 0 Å². The van der Waals surface area contributed by atoms with Gasteiger partial charge in [0, 0.05) is 17.8 Å². The Balaban J connectivity index is 2.00. The van der Waals surface area contributed by atoms with Crippen molar-refractivity contribution in [2.75, 3.05) is 11.9 Å². The van der Waals surface area contributed by atoms with Crippen LogP contribution in [0, 0.1) is 6.92 Å². The van der Waals surface area contributed by atoms with Gasteiger partial charge in [0.25, 0.3) is 0 Å². The average molecular weight is 302 g/mol. The van der Waals surface area contributed by atoms with Gasteiger partial charge in [-0.3, -0.25) is 4.79 Å². The zero-order valence-corrected chi connectivity index (χ0v) is 12.7. The minimum absolute atomic E-state index is 0.0792. The van der Waals surface area contributed by atoms with Crippen molar-refractivity contribution in [3.8, 4) is 0 Å². The second kappa shape index (κ2) is 5.17. The Morgan fingerprint density at radius 3 is 2.81 bits per heavy atom. The van der Waals surface area contributed by atoms with Crippen LogP contribution in [-0.2, 0) is 11.2 Å². The first-order valence-electron chi connectivity index (χ1n) is 6.81. The number of amides is 1. The molecule has 0 bridgehead atoms. The number of aliphatic hydroxyl groups excluding tert-OH is 1. The molecular formula is C17H16ClNO2. The standard InChI is InChI=1S/C17H16ClNO2/c1-10-13(4-3-5-14(10)18)17(21)11-6-7-15-12(8-11)9-16(20)19(15)2/h3-8,17,21H,9H2,1-2H3. The fourth-order valence-electron chi connectivity index (χ4n) is 2.76. The van der Waals surface area contributed by atoms with E-state index in [1.807, 2.05) is 43.3 Å². The third kappa shape index (κ3) is 2.33. The molecule has 0 aromatic heterocycles. The van der Waals surface area contributed by atoms with Gasteiger partial charge in [0.05, 0.1) is 6.42 Å². The number of anilines is 1. The van der Waals surface area contributed by atoms with E-state index in [1.54, 1.807) is 11.9 Å². The van der Waals surface area contributed by atoms with Crippen molar-refractivity contribution in [1.29, 1.82) is 0 Å². The number of carbonyl (C=O) groups excluding carboxylic acids is 1. The summed E-state index contributed by atoms with van der Waals surface area (Å²) >= 11 is 6.11. The Labute approximate surface area is 128 Å². The molecule has 0 saturated carbocycles. The first-order valence-corrected chi connectivity index (χ1v) is 7.19. The maximum absolute atomic E-state index is 11.7. The summed E-state index contributed by atoms with van der Waals surface area (Å²) in [6, 6.07) is 11.2. The van der Waals surface area contributed by atoms with Crippen LogP contribution in [0.15, 0.2) is 36.4 Å². The molecule has 4 heteroatoms. The molecule has 3 nitrogen and oxygen atoms in total. The molecule has 1 atom stereocenters. The van der Waals surface area contributed by atoms with Crippen LogP contribution < -0.4 is 4.90 Å². The van der Waals surface area contributed by atoms with Gasteiger partial charge in [-0.25, -0.2) is 0 Å². The lowest BCUT2D eigenvalue weighted by Crippen LogP contribution is -2.20. The Kier molecular flexibility index (Phi) is 3.47. The largest absolute Gasteiger partial charge is 0.384 e. The number of nitrogens with zero attached hydrogens (tertiary/aromatic N) is 1. The molecule has 2 aromatic rings. The van der Waals surface area contributed by atoms with Crippen molar-refractivity contribution < 1.29 is 9.90 Å². The van der Waals surface area contributed by atoms with E-state index in [2.05, 4.69) is 0 Å². The van der Waals surface area contributed by atoms with E-state index in [1.165, 1.54) is 0 Å². The molecule has 1 heterocycles. The van der Waals surface area contributed by atoms with E-state index in [4.69, 9.17) is 11.6 Å². The quantitative estimate of drug-likeness (QED) is 0.925. The molecule has 108 valence electrons. The molecule has 0 spiro atoms. The molecule has 2 aromatic carbocycles. The van der Waals surface area contributed by atoms with Crippen molar-refractivity contribution in [2.24, 2.45) is 0 Å². The molecule has 1 unspecified atom stereocenters. The predicted molar refractivity (Wildman–Crippen MR) is 83.8 cm³/mol. The second-order valence-electron chi connectivity index (χ2n) is 5.37. The molecule has 1 amide bonds. The number of fused-ring (bicyclic) bond motifs is 1. The summed E-state index contributed by atoms with van der Waals surface area (Å²) in [5.41, 5.74) is 4.32. The summed E-state index contributed by atoms with van der Waals surface area (Å²) in [7, 11) is 1.77. The summed E-state index contributed by atoms with van der Waals surface area (Å²) < 4.78 is 0. The molecule has 21 heavy (non-hydrogen) atoms. The Hall–Kier alpha value is -1.84. The zero-order chi connectivity index (χ0) is 15.1.